The van der Waals surface area contributed by atoms with Crippen LogP contribution in [0.2, 0.25) is 0 Å². The predicted octanol–water partition coefficient (Wildman–Crippen LogP) is 11.0. The normalized spacial score (nSPS) is 12.0. The minimum absolute atomic E-state index is 0.833. The number of rotatable bonds is 2. The first-order valence-corrected chi connectivity index (χ1v) is 15.4. The Balaban J connectivity index is 1.48. The Morgan fingerprint density at radius 3 is 1.67 bits per heavy atom. The lowest BCUT2D eigenvalue weighted by atomic mass is 9.91. The van der Waals surface area contributed by atoms with Gasteiger partial charge in [-0.2, -0.15) is 0 Å². The number of hydrogen-bond acceptors (Lipinski definition) is 2. The largest absolute Gasteiger partial charge is 0.292 e. The van der Waals surface area contributed by atoms with E-state index in [1.807, 2.05) is 24.3 Å². The number of nitrogens with zero attached hydrogens (tertiary/aromatic N) is 3. The van der Waals surface area contributed by atoms with Crippen molar-refractivity contribution >= 4 is 75.9 Å². The summed E-state index contributed by atoms with van der Waals surface area (Å²) in [5.74, 6) is 0.833. The summed E-state index contributed by atoms with van der Waals surface area (Å²) >= 11 is 0. The van der Waals surface area contributed by atoms with Gasteiger partial charge in [-0.15, -0.1) is 0 Å². The van der Waals surface area contributed by atoms with Crippen molar-refractivity contribution < 1.29 is 0 Å². The molecule has 0 saturated carbocycles. The summed E-state index contributed by atoms with van der Waals surface area (Å²) in [6.07, 6.45) is 0. The fourth-order valence-electron chi connectivity index (χ4n) is 7.35. The summed E-state index contributed by atoms with van der Waals surface area (Å²) in [6, 6.07) is 54.1. The highest BCUT2D eigenvalue weighted by atomic mass is 15.1. The molecule has 0 saturated heterocycles. The highest BCUT2D eigenvalue weighted by Gasteiger charge is 2.22. The van der Waals surface area contributed by atoms with Gasteiger partial charge in [-0.25, -0.2) is 9.97 Å². The smallest absolute Gasteiger partial charge is 0.165 e. The molecule has 0 N–H and O–H groups in total. The van der Waals surface area contributed by atoms with Gasteiger partial charge in [0, 0.05) is 21.7 Å². The van der Waals surface area contributed by atoms with Crippen LogP contribution in [0.1, 0.15) is 0 Å². The Bertz CT molecular complexity index is 2780. The molecule has 2 aromatic heterocycles. The molecule has 0 fully saturated rings. The van der Waals surface area contributed by atoms with Crippen LogP contribution in [0.4, 0.5) is 0 Å². The van der Waals surface area contributed by atoms with Crippen molar-refractivity contribution in [1.82, 2.24) is 14.5 Å². The molecule has 0 bridgehead atoms. The number of benzene rings is 8. The van der Waals surface area contributed by atoms with Gasteiger partial charge < -0.3 is 0 Å². The molecule has 3 heteroatoms. The Labute approximate surface area is 258 Å². The summed E-state index contributed by atoms with van der Waals surface area (Å²) in [6.45, 7) is 0. The van der Waals surface area contributed by atoms with Crippen LogP contribution >= 0.6 is 0 Å². The molecule has 0 aliphatic carbocycles. The van der Waals surface area contributed by atoms with Crippen molar-refractivity contribution in [3.63, 3.8) is 0 Å². The van der Waals surface area contributed by atoms with Crippen LogP contribution in [-0.2, 0) is 0 Å². The van der Waals surface area contributed by atoms with Gasteiger partial charge in [0.1, 0.15) is 5.69 Å². The van der Waals surface area contributed by atoms with Crippen molar-refractivity contribution in [1.29, 1.82) is 0 Å². The molecule has 208 valence electrons. The molecule has 0 aliphatic rings. The van der Waals surface area contributed by atoms with Gasteiger partial charge in [0.25, 0.3) is 0 Å². The van der Waals surface area contributed by atoms with Crippen molar-refractivity contribution in [2.75, 3.05) is 0 Å². The third-order valence-electron chi connectivity index (χ3n) is 9.31. The molecule has 0 atom stereocenters. The highest BCUT2D eigenvalue weighted by Crippen LogP contribution is 2.44. The average Bonchev–Trinajstić information content (AvgIpc) is 3.43. The summed E-state index contributed by atoms with van der Waals surface area (Å²) in [5, 5.41) is 12.5. The van der Waals surface area contributed by atoms with Crippen LogP contribution in [0.25, 0.3) is 93.0 Å². The molecule has 0 radical (unpaired) electrons. The number of aromatic nitrogens is 3. The fraction of sp³-hybridized carbons (Fsp3) is 0. The number of para-hydroxylation sites is 2. The van der Waals surface area contributed by atoms with Gasteiger partial charge in [0.2, 0.25) is 0 Å². The first-order chi connectivity index (χ1) is 22.3. The second-order valence-corrected chi connectivity index (χ2v) is 11.8. The fourth-order valence-corrected chi connectivity index (χ4v) is 7.35. The zero-order valence-corrected chi connectivity index (χ0v) is 24.3. The summed E-state index contributed by atoms with van der Waals surface area (Å²) in [5.41, 5.74) is 5.91. The molecule has 3 nitrogen and oxygen atoms in total. The highest BCUT2D eigenvalue weighted by molar-refractivity contribution is 6.35. The summed E-state index contributed by atoms with van der Waals surface area (Å²) in [7, 11) is 0. The van der Waals surface area contributed by atoms with Crippen LogP contribution in [-0.4, -0.2) is 14.5 Å². The molecule has 0 unspecified atom stereocenters. The molecule has 8 aromatic carbocycles. The van der Waals surface area contributed by atoms with Crippen molar-refractivity contribution in [2.45, 2.75) is 0 Å². The predicted molar refractivity (Wildman–Crippen MR) is 189 cm³/mol. The maximum Gasteiger partial charge on any atom is 0.165 e. The Kier molecular flexibility index (Phi) is 5.00. The van der Waals surface area contributed by atoms with Crippen LogP contribution in [0.15, 0.2) is 152 Å². The minimum atomic E-state index is 0.833. The van der Waals surface area contributed by atoms with E-state index in [-0.39, 0.29) is 0 Å². The Morgan fingerprint density at radius 1 is 0.378 bits per heavy atom. The molecular formula is C42H25N3. The third-order valence-corrected chi connectivity index (χ3v) is 9.31. The van der Waals surface area contributed by atoms with Crippen LogP contribution < -0.4 is 0 Å². The lowest BCUT2D eigenvalue weighted by Gasteiger charge is -2.15. The van der Waals surface area contributed by atoms with Gasteiger partial charge in [0.05, 0.1) is 22.1 Å². The standard InChI is InChI=1S/C42H25N3/c1-2-12-26(13-3-1)41-42(44-36-21-11-10-20-35(36)43-41)45-37-23-22-33-31-18-7-6-16-29(31)30-17-8-9-19-32(30)39(33)40(37)34-24-27-14-4-5-15-28(27)25-38(34)45/h1-25H. The lowest BCUT2D eigenvalue weighted by molar-refractivity contribution is 1.08. The minimum Gasteiger partial charge on any atom is -0.292 e. The van der Waals surface area contributed by atoms with E-state index in [1.165, 1.54) is 53.9 Å². The average molecular weight is 572 g/mol. The van der Waals surface area contributed by atoms with Gasteiger partial charge >= 0.3 is 0 Å². The third kappa shape index (κ3) is 3.46. The van der Waals surface area contributed by atoms with E-state index >= 15 is 0 Å². The number of hydrogen-bond donors (Lipinski definition) is 0. The van der Waals surface area contributed by atoms with E-state index in [0.29, 0.717) is 0 Å². The first kappa shape index (κ1) is 24.4. The quantitative estimate of drug-likeness (QED) is 0.193. The zero-order valence-electron chi connectivity index (χ0n) is 24.3. The van der Waals surface area contributed by atoms with E-state index in [1.54, 1.807) is 0 Å². The molecule has 45 heavy (non-hydrogen) atoms. The lowest BCUT2D eigenvalue weighted by Crippen LogP contribution is -2.03. The topological polar surface area (TPSA) is 30.7 Å². The maximum atomic E-state index is 5.37. The number of fused-ring (bicyclic) bond motifs is 12. The van der Waals surface area contributed by atoms with Gasteiger partial charge in [-0.05, 0) is 68.0 Å². The Morgan fingerprint density at radius 2 is 0.933 bits per heavy atom. The van der Waals surface area contributed by atoms with E-state index in [9.17, 15) is 0 Å². The molecule has 2 heterocycles. The molecule has 0 amide bonds. The second kappa shape index (κ2) is 9.22. The zero-order chi connectivity index (χ0) is 29.5. The van der Waals surface area contributed by atoms with Gasteiger partial charge in [-0.3, -0.25) is 4.57 Å². The second-order valence-electron chi connectivity index (χ2n) is 11.8. The van der Waals surface area contributed by atoms with E-state index in [2.05, 4.69) is 132 Å². The van der Waals surface area contributed by atoms with Crippen molar-refractivity contribution in [2.24, 2.45) is 0 Å². The SMILES string of the molecule is c1ccc(-c2nc3ccccc3nc2-n2c3cc4ccccc4cc3c3c4c5ccccc5c5ccccc5c4ccc32)cc1. The Hall–Kier alpha value is -6.06. The van der Waals surface area contributed by atoms with E-state index in [4.69, 9.17) is 9.97 Å². The summed E-state index contributed by atoms with van der Waals surface area (Å²) < 4.78 is 2.35. The molecule has 0 spiro atoms. The van der Waals surface area contributed by atoms with Crippen LogP contribution in [0.3, 0.4) is 0 Å². The van der Waals surface area contributed by atoms with E-state index < -0.39 is 0 Å². The van der Waals surface area contributed by atoms with Crippen LogP contribution in [0.5, 0.6) is 0 Å². The van der Waals surface area contributed by atoms with Gasteiger partial charge in [0.15, 0.2) is 5.82 Å². The monoisotopic (exact) mass is 571 g/mol. The van der Waals surface area contributed by atoms with Crippen molar-refractivity contribution in [3.8, 4) is 17.1 Å². The molecule has 0 aliphatic heterocycles. The maximum absolute atomic E-state index is 5.37. The van der Waals surface area contributed by atoms with E-state index in [0.717, 1.165) is 39.1 Å². The summed E-state index contributed by atoms with van der Waals surface area (Å²) in [4.78, 5) is 10.6. The molecular weight excluding hydrogens is 546 g/mol. The van der Waals surface area contributed by atoms with Crippen molar-refractivity contribution in [3.05, 3.63) is 152 Å². The van der Waals surface area contributed by atoms with Gasteiger partial charge in [-0.1, -0.05) is 121 Å². The first-order valence-electron chi connectivity index (χ1n) is 15.4. The molecule has 10 rings (SSSR count). The molecule has 10 aromatic rings. The van der Waals surface area contributed by atoms with Crippen LogP contribution in [0, 0.1) is 0 Å².